The Bertz CT molecular complexity index is 944. The number of aryl methyl sites for hydroxylation is 1. The van der Waals surface area contributed by atoms with Gasteiger partial charge in [-0.05, 0) is 37.3 Å². The number of aromatic nitrogens is 5. The van der Waals surface area contributed by atoms with Gasteiger partial charge >= 0.3 is 0 Å². The standard InChI is InChI=1S/C17H13N5/c1-12-18-10-8-13(20-12)16-15-7-3-5-11-22(15)21-17(16)14-6-2-4-9-19-14/h2-11H,1H3. The zero-order valence-electron chi connectivity index (χ0n) is 12.0. The topological polar surface area (TPSA) is 56.0 Å². The molecule has 4 heterocycles. The Morgan fingerprint density at radius 1 is 0.864 bits per heavy atom. The van der Waals surface area contributed by atoms with Crippen molar-refractivity contribution >= 4 is 5.52 Å². The van der Waals surface area contributed by atoms with Crippen molar-refractivity contribution in [2.24, 2.45) is 0 Å². The largest absolute Gasteiger partial charge is 0.255 e. The SMILES string of the molecule is Cc1nccc(-c2c(-c3ccccn3)nn3ccccc23)n1. The first kappa shape index (κ1) is 12.6. The van der Waals surface area contributed by atoms with Crippen LogP contribution in [-0.2, 0) is 0 Å². The molecular weight excluding hydrogens is 274 g/mol. The van der Waals surface area contributed by atoms with E-state index in [4.69, 9.17) is 0 Å². The number of nitrogens with zero attached hydrogens (tertiary/aromatic N) is 5. The molecule has 0 amide bonds. The van der Waals surface area contributed by atoms with Crippen LogP contribution < -0.4 is 0 Å². The third-order valence-corrected chi connectivity index (χ3v) is 3.48. The molecule has 0 aliphatic heterocycles. The molecule has 0 unspecified atom stereocenters. The molecule has 0 aromatic carbocycles. The van der Waals surface area contributed by atoms with Gasteiger partial charge in [0.15, 0.2) is 0 Å². The average Bonchev–Trinajstić information content (AvgIpc) is 2.95. The first-order chi connectivity index (χ1) is 10.8. The zero-order chi connectivity index (χ0) is 14.9. The maximum Gasteiger partial charge on any atom is 0.125 e. The number of pyridine rings is 2. The van der Waals surface area contributed by atoms with Crippen molar-refractivity contribution in [1.82, 2.24) is 24.6 Å². The van der Waals surface area contributed by atoms with Crippen molar-refractivity contribution in [1.29, 1.82) is 0 Å². The molecule has 0 saturated carbocycles. The Morgan fingerprint density at radius 3 is 2.59 bits per heavy atom. The predicted octanol–water partition coefficient (Wildman–Crippen LogP) is 3.16. The molecule has 0 aliphatic rings. The van der Waals surface area contributed by atoms with E-state index in [2.05, 4.69) is 20.1 Å². The smallest absolute Gasteiger partial charge is 0.125 e. The van der Waals surface area contributed by atoms with Crippen molar-refractivity contribution in [3.8, 4) is 22.6 Å². The summed E-state index contributed by atoms with van der Waals surface area (Å²) in [6, 6.07) is 13.7. The summed E-state index contributed by atoms with van der Waals surface area (Å²) < 4.78 is 1.86. The molecule has 0 fully saturated rings. The van der Waals surface area contributed by atoms with E-state index in [1.807, 2.05) is 60.1 Å². The van der Waals surface area contributed by atoms with E-state index in [9.17, 15) is 0 Å². The Morgan fingerprint density at radius 2 is 1.77 bits per heavy atom. The molecule has 22 heavy (non-hydrogen) atoms. The Hall–Kier alpha value is -3.08. The number of hydrogen-bond acceptors (Lipinski definition) is 4. The highest BCUT2D eigenvalue weighted by Gasteiger charge is 2.17. The maximum atomic E-state index is 4.68. The van der Waals surface area contributed by atoms with Crippen LogP contribution in [0.3, 0.4) is 0 Å². The summed E-state index contributed by atoms with van der Waals surface area (Å²) in [6.07, 6.45) is 5.47. The van der Waals surface area contributed by atoms with E-state index in [-0.39, 0.29) is 0 Å². The van der Waals surface area contributed by atoms with Crippen LogP contribution >= 0.6 is 0 Å². The van der Waals surface area contributed by atoms with Gasteiger partial charge in [0.05, 0.1) is 22.5 Å². The summed E-state index contributed by atoms with van der Waals surface area (Å²) in [7, 11) is 0. The van der Waals surface area contributed by atoms with E-state index >= 15 is 0 Å². The molecule has 4 rings (SSSR count). The van der Waals surface area contributed by atoms with Crippen LogP contribution in [0, 0.1) is 6.92 Å². The summed E-state index contributed by atoms with van der Waals surface area (Å²) in [4.78, 5) is 13.2. The van der Waals surface area contributed by atoms with E-state index in [1.54, 1.807) is 12.4 Å². The Kier molecular flexibility index (Phi) is 2.89. The van der Waals surface area contributed by atoms with Gasteiger partial charge in [0, 0.05) is 18.6 Å². The average molecular weight is 287 g/mol. The summed E-state index contributed by atoms with van der Waals surface area (Å²) >= 11 is 0. The van der Waals surface area contributed by atoms with Crippen LogP contribution in [0.5, 0.6) is 0 Å². The molecule has 5 heteroatoms. The van der Waals surface area contributed by atoms with Crippen molar-refractivity contribution < 1.29 is 0 Å². The highest BCUT2D eigenvalue weighted by molar-refractivity contribution is 5.89. The lowest BCUT2D eigenvalue weighted by Gasteiger charge is -2.03. The van der Waals surface area contributed by atoms with Crippen LogP contribution in [-0.4, -0.2) is 24.6 Å². The number of rotatable bonds is 2. The third kappa shape index (κ3) is 2.03. The van der Waals surface area contributed by atoms with Crippen LogP contribution in [0.2, 0.25) is 0 Å². The van der Waals surface area contributed by atoms with Crippen LogP contribution in [0.15, 0.2) is 61.1 Å². The van der Waals surface area contributed by atoms with Crippen molar-refractivity contribution in [3.63, 3.8) is 0 Å². The highest BCUT2D eigenvalue weighted by Crippen LogP contribution is 2.32. The fourth-order valence-electron chi connectivity index (χ4n) is 2.53. The molecule has 0 N–H and O–H groups in total. The van der Waals surface area contributed by atoms with Crippen molar-refractivity contribution in [3.05, 3.63) is 66.9 Å². The summed E-state index contributed by atoms with van der Waals surface area (Å²) in [6.45, 7) is 1.88. The lowest BCUT2D eigenvalue weighted by atomic mass is 10.1. The molecule has 5 nitrogen and oxygen atoms in total. The molecule has 0 saturated heterocycles. The number of fused-ring (bicyclic) bond motifs is 1. The van der Waals surface area contributed by atoms with Crippen molar-refractivity contribution in [2.45, 2.75) is 6.92 Å². The van der Waals surface area contributed by atoms with Gasteiger partial charge in [-0.25, -0.2) is 14.5 Å². The molecule has 0 bridgehead atoms. The normalized spacial score (nSPS) is 11.0. The van der Waals surface area contributed by atoms with Gasteiger partial charge in [0.2, 0.25) is 0 Å². The van der Waals surface area contributed by atoms with Crippen molar-refractivity contribution in [2.75, 3.05) is 0 Å². The van der Waals surface area contributed by atoms with Gasteiger partial charge in [-0.3, -0.25) is 4.98 Å². The highest BCUT2D eigenvalue weighted by atomic mass is 15.2. The van der Waals surface area contributed by atoms with E-state index in [1.165, 1.54) is 0 Å². The molecule has 4 aromatic heterocycles. The Balaban J connectivity index is 2.07. The van der Waals surface area contributed by atoms with Crippen LogP contribution in [0.25, 0.3) is 28.2 Å². The fraction of sp³-hybridized carbons (Fsp3) is 0.0588. The van der Waals surface area contributed by atoms with Gasteiger partial charge in [-0.2, -0.15) is 5.10 Å². The van der Waals surface area contributed by atoms with Crippen LogP contribution in [0.4, 0.5) is 0 Å². The zero-order valence-corrected chi connectivity index (χ0v) is 12.0. The molecular formula is C17H13N5. The second kappa shape index (κ2) is 5.04. The Labute approximate surface area is 127 Å². The molecule has 0 aliphatic carbocycles. The van der Waals surface area contributed by atoms with Gasteiger partial charge in [-0.1, -0.05) is 12.1 Å². The minimum atomic E-state index is 0.736. The summed E-state index contributed by atoms with van der Waals surface area (Å²) in [5.41, 5.74) is 4.49. The molecule has 0 spiro atoms. The third-order valence-electron chi connectivity index (χ3n) is 3.48. The minimum absolute atomic E-state index is 0.736. The number of hydrogen-bond donors (Lipinski definition) is 0. The van der Waals surface area contributed by atoms with E-state index in [0.717, 1.165) is 34.0 Å². The lowest BCUT2D eigenvalue weighted by Crippen LogP contribution is -1.92. The lowest BCUT2D eigenvalue weighted by molar-refractivity contribution is 0.962. The molecule has 106 valence electrons. The van der Waals surface area contributed by atoms with Crippen LogP contribution in [0.1, 0.15) is 5.82 Å². The van der Waals surface area contributed by atoms with Gasteiger partial charge in [0.1, 0.15) is 11.5 Å². The van der Waals surface area contributed by atoms with Gasteiger partial charge < -0.3 is 0 Å². The second-order valence-corrected chi connectivity index (χ2v) is 4.96. The minimum Gasteiger partial charge on any atom is -0.255 e. The fourth-order valence-corrected chi connectivity index (χ4v) is 2.53. The summed E-state index contributed by atoms with van der Waals surface area (Å²) in [5.74, 6) is 0.736. The monoisotopic (exact) mass is 287 g/mol. The maximum absolute atomic E-state index is 4.68. The summed E-state index contributed by atoms with van der Waals surface area (Å²) in [5, 5.41) is 4.68. The van der Waals surface area contributed by atoms with Gasteiger partial charge in [-0.15, -0.1) is 0 Å². The molecule has 0 atom stereocenters. The molecule has 0 radical (unpaired) electrons. The molecule has 4 aromatic rings. The van der Waals surface area contributed by atoms with E-state index < -0.39 is 0 Å². The quantitative estimate of drug-likeness (QED) is 0.568. The van der Waals surface area contributed by atoms with Gasteiger partial charge in [0.25, 0.3) is 0 Å². The first-order valence-corrected chi connectivity index (χ1v) is 7.02. The first-order valence-electron chi connectivity index (χ1n) is 7.02. The predicted molar refractivity (Wildman–Crippen MR) is 84.2 cm³/mol. The van der Waals surface area contributed by atoms with E-state index in [0.29, 0.717) is 0 Å². The second-order valence-electron chi connectivity index (χ2n) is 4.96.